The summed E-state index contributed by atoms with van der Waals surface area (Å²) in [6.07, 6.45) is 1.32. The van der Waals surface area contributed by atoms with Crippen LogP contribution in [0, 0.1) is 0 Å². The summed E-state index contributed by atoms with van der Waals surface area (Å²) in [5.41, 5.74) is -1.01. The van der Waals surface area contributed by atoms with Gasteiger partial charge in [0.2, 0.25) is 5.91 Å². The van der Waals surface area contributed by atoms with Crippen molar-refractivity contribution in [2.24, 2.45) is 0 Å². The first-order chi connectivity index (χ1) is 7.55. The van der Waals surface area contributed by atoms with Gasteiger partial charge in [-0.15, -0.1) is 11.8 Å². The number of hydrogen-bond acceptors (Lipinski definition) is 4. The van der Waals surface area contributed by atoms with Crippen LogP contribution in [-0.4, -0.2) is 51.6 Å². The molecule has 2 unspecified atom stereocenters. The number of carbonyl (C=O) groups excluding carboxylic acids is 1. The molecule has 1 amide bonds. The Morgan fingerprint density at radius 2 is 2.31 bits per heavy atom. The average Bonchev–Trinajstić information content (AvgIpc) is 2.85. The maximum Gasteiger partial charge on any atom is 0.329 e. The molecule has 6 heteroatoms. The second kappa shape index (κ2) is 4.25. The van der Waals surface area contributed by atoms with E-state index in [2.05, 4.69) is 5.32 Å². The second-order valence-corrected chi connectivity index (χ2v) is 5.47. The molecule has 2 N–H and O–H groups in total. The van der Waals surface area contributed by atoms with E-state index in [1.165, 1.54) is 4.90 Å². The van der Waals surface area contributed by atoms with Crippen LogP contribution in [0.2, 0.25) is 0 Å². The molecular weight excluding hydrogens is 228 g/mol. The van der Waals surface area contributed by atoms with E-state index in [0.717, 1.165) is 18.1 Å². The van der Waals surface area contributed by atoms with Crippen molar-refractivity contribution in [1.82, 2.24) is 10.2 Å². The van der Waals surface area contributed by atoms with Gasteiger partial charge in [0.15, 0.2) is 0 Å². The maximum atomic E-state index is 12.2. The highest BCUT2D eigenvalue weighted by molar-refractivity contribution is 7.99. The standard InChI is InChI=1S/C10H16N2O3S/c1-10(9(14)15)3-2-4-12(10)8(13)7-5-16-6-11-7/h7,11H,2-6H2,1H3,(H,14,15). The number of nitrogens with one attached hydrogen (secondary N) is 1. The third-order valence-corrected chi connectivity index (χ3v) is 4.32. The number of likely N-dealkylation sites (tertiary alicyclic amines) is 1. The van der Waals surface area contributed by atoms with Gasteiger partial charge in [0.25, 0.3) is 0 Å². The fraction of sp³-hybridized carbons (Fsp3) is 0.800. The van der Waals surface area contributed by atoms with Crippen LogP contribution in [0.25, 0.3) is 0 Å². The number of carboxylic acid groups (broad SMARTS) is 1. The molecule has 0 spiro atoms. The fourth-order valence-corrected chi connectivity index (χ4v) is 3.21. The summed E-state index contributed by atoms with van der Waals surface area (Å²) in [4.78, 5) is 24.9. The predicted octanol–water partition coefficient (Wildman–Crippen LogP) is 0.115. The summed E-state index contributed by atoms with van der Waals surface area (Å²) < 4.78 is 0. The van der Waals surface area contributed by atoms with Crippen LogP contribution >= 0.6 is 11.8 Å². The highest BCUT2D eigenvalue weighted by Crippen LogP contribution is 2.30. The zero-order valence-electron chi connectivity index (χ0n) is 9.23. The number of hydrogen-bond donors (Lipinski definition) is 2. The lowest BCUT2D eigenvalue weighted by molar-refractivity contribution is -0.155. The van der Waals surface area contributed by atoms with Gasteiger partial charge < -0.3 is 10.0 Å². The highest BCUT2D eigenvalue weighted by atomic mass is 32.2. The Bertz CT molecular complexity index is 317. The number of thioether (sulfide) groups is 1. The average molecular weight is 244 g/mol. The van der Waals surface area contributed by atoms with Crippen molar-refractivity contribution in [3.8, 4) is 0 Å². The first-order valence-corrected chi connectivity index (χ1v) is 6.57. The summed E-state index contributed by atoms with van der Waals surface area (Å²) in [6, 6.07) is -0.207. The zero-order valence-corrected chi connectivity index (χ0v) is 10.0. The van der Waals surface area contributed by atoms with Crippen LogP contribution in [-0.2, 0) is 9.59 Å². The van der Waals surface area contributed by atoms with Gasteiger partial charge in [-0.1, -0.05) is 0 Å². The van der Waals surface area contributed by atoms with Crippen molar-refractivity contribution < 1.29 is 14.7 Å². The Balaban J connectivity index is 2.13. The minimum absolute atomic E-state index is 0.0626. The van der Waals surface area contributed by atoms with E-state index in [-0.39, 0.29) is 11.9 Å². The van der Waals surface area contributed by atoms with E-state index in [0.29, 0.717) is 13.0 Å². The molecule has 0 aromatic heterocycles. The molecule has 5 nitrogen and oxygen atoms in total. The largest absolute Gasteiger partial charge is 0.480 e. The normalized spacial score (nSPS) is 34.3. The Hall–Kier alpha value is -0.750. The van der Waals surface area contributed by atoms with Gasteiger partial charge in [0.1, 0.15) is 5.54 Å². The van der Waals surface area contributed by atoms with Crippen molar-refractivity contribution in [3.63, 3.8) is 0 Å². The number of rotatable bonds is 2. The molecule has 0 aromatic carbocycles. The molecule has 0 radical (unpaired) electrons. The van der Waals surface area contributed by atoms with E-state index in [1.807, 2.05) is 0 Å². The molecule has 2 aliphatic rings. The van der Waals surface area contributed by atoms with Gasteiger partial charge in [-0.25, -0.2) is 4.79 Å². The quantitative estimate of drug-likeness (QED) is 0.722. The smallest absolute Gasteiger partial charge is 0.329 e. The van der Waals surface area contributed by atoms with Gasteiger partial charge >= 0.3 is 5.97 Å². The van der Waals surface area contributed by atoms with E-state index in [9.17, 15) is 14.7 Å². The minimum atomic E-state index is -1.01. The number of carboxylic acids is 1. The van der Waals surface area contributed by atoms with Gasteiger partial charge in [-0.05, 0) is 19.8 Å². The minimum Gasteiger partial charge on any atom is -0.480 e. The van der Waals surface area contributed by atoms with Gasteiger partial charge in [-0.3, -0.25) is 10.1 Å². The molecule has 2 rings (SSSR count). The van der Waals surface area contributed by atoms with Gasteiger partial charge in [0, 0.05) is 18.2 Å². The first-order valence-electron chi connectivity index (χ1n) is 5.42. The lowest BCUT2D eigenvalue weighted by atomic mass is 9.99. The molecule has 2 heterocycles. The van der Waals surface area contributed by atoms with E-state index in [1.54, 1.807) is 18.7 Å². The van der Waals surface area contributed by atoms with E-state index < -0.39 is 11.5 Å². The van der Waals surface area contributed by atoms with Gasteiger partial charge in [-0.2, -0.15) is 0 Å². The molecular formula is C10H16N2O3S. The van der Waals surface area contributed by atoms with Crippen molar-refractivity contribution in [1.29, 1.82) is 0 Å². The van der Waals surface area contributed by atoms with Crippen LogP contribution in [0.1, 0.15) is 19.8 Å². The summed E-state index contributed by atoms with van der Waals surface area (Å²) in [5.74, 6) is 0.551. The predicted molar refractivity (Wildman–Crippen MR) is 61.2 cm³/mol. The summed E-state index contributed by atoms with van der Waals surface area (Å²) in [5, 5.41) is 12.3. The summed E-state index contributed by atoms with van der Waals surface area (Å²) in [6.45, 7) is 2.20. The fourth-order valence-electron chi connectivity index (χ4n) is 2.28. The van der Waals surface area contributed by atoms with E-state index >= 15 is 0 Å². The van der Waals surface area contributed by atoms with Crippen LogP contribution in [0.5, 0.6) is 0 Å². The SMILES string of the molecule is CC1(C(=O)O)CCCN1C(=O)C1CSCN1. The van der Waals surface area contributed by atoms with Crippen LogP contribution in [0.4, 0.5) is 0 Å². The second-order valence-electron chi connectivity index (χ2n) is 4.44. The molecule has 2 aliphatic heterocycles. The van der Waals surface area contributed by atoms with Crippen LogP contribution < -0.4 is 5.32 Å². The third-order valence-electron chi connectivity index (χ3n) is 3.38. The Labute approximate surface area is 98.6 Å². The topological polar surface area (TPSA) is 69.6 Å². The monoisotopic (exact) mass is 244 g/mol. The zero-order chi connectivity index (χ0) is 11.8. The maximum absolute atomic E-state index is 12.2. The number of carbonyl (C=O) groups is 2. The number of amides is 1. The third kappa shape index (κ3) is 1.80. The molecule has 16 heavy (non-hydrogen) atoms. The van der Waals surface area contributed by atoms with Crippen molar-refractivity contribution in [2.75, 3.05) is 18.2 Å². The Morgan fingerprint density at radius 1 is 1.56 bits per heavy atom. The Morgan fingerprint density at radius 3 is 2.88 bits per heavy atom. The van der Waals surface area contributed by atoms with Crippen molar-refractivity contribution in [2.45, 2.75) is 31.3 Å². The van der Waals surface area contributed by atoms with Crippen LogP contribution in [0.3, 0.4) is 0 Å². The van der Waals surface area contributed by atoms with Crippen LogP contribution in [0.15, 0.2) is 0 Å². The molecule has 2 fully saturated rings. The van der Waals surface area contributed by atoms with Crippen molar-refractivity contribution in [3.05, 3.63) is 0 Å². The molecule has 2 atom stereocenters. The van der Waals surface area contributed by atoms with Gasteiger partial charge in [0.05, 0.1) is 6.04 Å². The van der Waals surface area contributed by atoms with Crippen molar-refractivity contribution >= 4 is 23.6 Å². The molecule has 0 aliphatic carbocycles. The van der Waals surface area contributed by atoms with E-state index in [4.69, 9.17) is 0 Å². The highest BCUT2D eigenvalue weighted by Gasteiger charge is 2.47. The lowest BCUT2D eigenvalue weighted by Gasteiger charge is -2.32. The number of aliphatic carboxylic acids is 1. The molecule has 2 saturated heterocycles. The molecule has 0 bridgehead atoms. The first kappa shape index (κ1) is 11.7. The molecule has 0 aromatic rings. The lowest BCUT2D eigenvalue weighted by Crippen LogP contribution is -2.55. The molecule has 90 valence electrons. The Kier molecular flexibility index (Phi) is 3.12. The molecule has 0 saturated carbocycles. The number of nitrogens with zero attached hydrogens (tertiary/aromatic N) is 1. The summed E-state index contributed by atoms with van der Waals surface area (Å²) in [7, 11) is 0. The summed E-state index contributed by atoms with van der Waals surface area (Å²) >= 11 is 1.67.